The van der Waals surface area contributed by atoms with E-state index in [1.807, 2.05) is 13.0 Å². The molecular weight excluding hydrogens is 148 g/mol. The lowest BCUT2D eigenvalue weighted by atomic mass is 9.83. The largest absolute Gasteiger partial charge is 0.389 e. The predicted molar refractivity (Wildman–Crippen MR) is 52.0 cm³/mol. The summed E-state index contributed by atoms with van der Waals surface area (Å²) in [5, 5.41) is 9.19. The van der Waals surface area contributed by atoms with E-state index >= 15 is 0 Å². The Kier molecular flexibility index (Phi) is 3.80. The molecule has 0 aromatic carbocycles. The lowest BCUT2D eigenvalue weighted by molar-refractivity contribution is 0.241. The number of aliphatic hydroxyl groups is 1. The van der Waals surface area contributed by atoms with E-state index in [2.05, 4.69) is 6.92 Å². The molecule has 0 bridgehead atoms. The van der Waals surface area contributed by atoms with Crippen LogP contribution >= 0.6 is 0 Å². The van der Waals surface area contributed by atoms with Crippen molar-refractivity contribution in [1.29, 1.82) is 0 Å². The smallest absolute Gasteiger partial charge is 0.0695 e. The highest BCUT2D eigenvalue weighted by molar-refractivity contribution is 5.07. The van der Waals surface area contributed by atoms with Gasteiger partial charge in [-0.05, 0) is 38.5 Å². The molecule has 1 fully saturated rings. The molecule has 0 aliphatic heterocycles. The Morgan fingerprint density at radius 3 is 3.00 bits per heavy atom. The van der Waals surface area contributed by atoms with Crippen LogP contribution in [0.1, 0.15) is 46.0 Å². The first-order valence-electron chi connectivity index (χ1n) is 5.10. The maximum absolute atomic E-state index is 9.19. The molecule has 0 radical (unpaired) electrons. The second-order valence-electron chi connectivity index (χ2n) is 3.94. The van der Waals surface area contributed by atoms with E-state index in [9.17, 15) is 5.11 Å². The van der Waals surface area contributed by atoms with Gasteiger partial charge in [-0.3, -0.25) is 0 Å². The van der Waals surface area contributed by atoms with E-state index in [1.54, 1.807) is 0 Å². The van der Waals surface area contributed by atoms with Gasteiger partial charge in [0.15, 0.2) is 0 Å². The summed E-state index contributed by atoms with van der Waals surface area (Å²) in [4.78, 5) is 0. The third-order valence-corrected chi connectivity index (χ3v) is 2.72. The third kappa shape index (κ3) is 2.98. The van der Waals surface area contributed by atoms with Crippen LogP contribution in [-0.2, 0) is 0 Å². The summed E-state index contributed by atoms with van der Waals surface area (Å²) in [6, 6.07) is 0. The molecule has 0 spiro atoms. The van der Waals surface area contributed by atoms with Gasteiger partial charge in [0.05, 0.1) is 6.10 Å². The van der Waals surface area contributed by atoms with Crippen LogP contribution in [0.4, 0.5) is 0 Å². The molecule has 0 amide bonds. The van der Waals surface area contributed by atoms with Gasteiger partial charge in [-0.1, -0.05) is 25.0 Å². The quantitative estimate of drug-likeness (QED) is 0.629. The Hall–Kier alpha value is -0.300. The average Bonchev–Trinajstić information content (AvgIpc) is 2.03. The van der Waals surface area contributed by atoms with Crippen LogP contribution in [0.15, 0.2) is 11.6 Å². The maximum atomic E-state index is 9.19. The van der Waals surface area contributed by atoms with E-state index in [4.69, 9.17) is 0 Å². The van der Waals surface area contributed by atoms with Crippen molar-refractivity contribution >= 4 is 0 Å². The van der Waals surface area contributed by atoms with E-state index in [0.717, 1.165) is 5.92 Å². The summed E-state index contributed by atoms with van der Waals surface area (Å²) in [5.41, 5.74) is 1.48. The van der Waals surface area contributed by atoms with Gasteiger partial charge in [0.2, 0.25) is 0 Å². The standard InChI is InChI=1S/C11H20O/c1-3-10-5-4-6-11(8-10)7-9(2)12/h7,9-10,12H,3-6,8H2,1-2H3. The molecule has 0 heterocycles. The van der Waals surface area contributed by atoms with Crippen molar-refractivity contribution in [3.8, 4) is 0 Å². The summed E-state index contributed by atoms with van der Waals surface area (Å²) >= 11 is 0. The average molecular weight is 168 g/mol. The Bertz CT molecular complexity index is 158. The van der Waals surface area contributed by atoms with Gasteiger partial charge >= 0.3 is 0 Å². The summed E-state index contributed by atoms with van der Waals surface area (Å²) in [6.45, 7) is 4.10. The molecule has 1 aliphatic rings. The number of allylic oxidation sites excluding steroid dienone is 1. The number of hydrogen-bond acceptors (Lipinski definition) is 1. The maximum Gasteiger partial charge on any atom is 0.0695 e. The van der Waals surface area contributed by atoms with Crippen molar-refractivity contribution in [3.63, 3.8) is 0 Å². The summed E-state index contributed by atoms with van der Waals surface area (Å²) < 4.78 is 0. The molecule has 1 aliphatic carbocycles. The fraction of sp³-hybridized carbons (Fsp3) is 0.818. The minimum Gasteiger partial charge on any atom is -0.389 e. The van der Waals surface area contributed by atoms with E-state index < -0.39 is 0 Å². The van der Waals surface area contributed by atoms with Crippen molar-refractivity contribution in [3.05, 3.63) is 11.6 Å². The van der Waals surface area contributed by atoms with Gasteiger partial charge in [0, 0.05) is 0 Å². The number of aliphatic hydroxyl groups excluding tert-OH is 1. The zero-order valence-corrected chi connectivity index (χ0v) is 8.21. The molecule has 1 N–H and O–H groups in total. The molecule has 2 atom stereocenters. The summed E-state index contributed by atoms with van der Waals surface area (Å²) in [5.74, 6) is 0.878. The Morgan fingerprint density at radius 1 is 1.67 bits per heavy atom. The zero-order valence-electron chi connectivity index (χ0n) is 8.21. The van der Waals surface area contributed by atoms with Gasteiger partial charge in [0.25, 0.3) is 0 Å². The van der Waals surface area contributed by atoms with Crippen molar-refractivity contribution in [2.45, 2.75) is 52.1 Å². The first kappa shape index (κ1) is 9.79. The van der Waals surface area contributed by atoms with Crippen molar-refractivity contribution in [2.24, 2.45) is 5.92 Å². The topological polar surface area (TPSA) is 20.2 Å². The van der Waals surface area contributed by atoms with Gasteiger partial charge in [-0.15, -0.1) is 0 Å². The van der Waals surface area contributed by atoms with E-state index in [0.29, 0.717) is 0 Å². The lowest BCUT2D eigenvalue weighted by Crippen LogP contribution is -2.09. The van der Waals surface area contributed by atoms with Crippen LogP contribution in [0.2, 0.25) is 0 Å². The zero-order chi connectivity index (χ0) is 8.97. The molecule has 1 rings (SSSR count). The van der Waals surface area contributed by atoms with E-state index in [1.165, 1.54) is 37.7 Å². The predicted octanol–water partition coefficient (Wildman–Crippen LogP) is 2.89. The SMILES string of the molecule is CCC1CCCC(=CC(C)O)C1. The molecule has 2 unspecified atom stereocenters. The summed E-state index contributed by atoms with van der Waals surface area (Å²) in [6.07, 6.45) is 8.20. The van der Waals surface area contributed by atoms with Gasteiger partial charge in [0.1, 0.15) is 0 Å². The molecule has 1 heteroatoms. The van der Waals surface area contributed by atoms with E-state index in [-0.39, 0.29) is 6.10 Å². The fourth-order valence-corrected chi connectivity index (χ4v) is 2.03. The normalized spacial score (nSPS) is 30.6. The molecule has 70 valence electrons. The molecule has 0 aromatic heterocycles. The van der Waals surface area contributed by atoms with Crippen LogP contribution in [0.3, 0.4) is 0 Å². The van der Waals surface area contributed by atoms with Gasteiger partial charge in [-0.25, -0.2) is 0 Å². The van der Waals surface area contributed by atoms with Gasteiger partial charge in [-0.2, -0.15) is 0 Å². The minimum absolute atomic E-state index is 0.254. The van der Waals surface area contributed by atoms with Crippen LogP contribution < -0.4 is 0 Å². The first-order valence-corrected chi connectivity index (χ1v) is 5.10. The molecule has 0 saturated heterocycles. The van der Waals surface area contributed by atoms with Crippen molar-refractivity contribution in [1.82, 2.24) is 0 Å². The molecule has 0 aromatic rings. The summed E-state index contributed by atoms with van der Waals surface area (Å²) in [7, 11) is 0. The monoisotopic (exact) mass is 168 g/mol. The lowest BCUT2D eigenvalue weighted by Gasteiger charge is -2.23. The molecule has 12 heavy (non-hydrogen) atoms. The Morgan fingerprint density at radius 2 is 2.42 bits per heavy atom. The number of hydrogen-bond donors (Lipinski definition) is 1. The second-order valence-corrected chi connectivity index (χ2v) is 3.94. The van der Waals surface area contributed by atoms with Gasteiger partial charge < -0.3 is 5.11 Å². The van der Waals surface area contributed by atoms with Crippen LogP contribution in [0.25, 0.3) is 0 Å². The highest BCUT2D eigenvalue weighted by atomic mass is 16.3. The van der Waals surface area contributed by atoms with Crippen LogP contribution in [-0.4, -0.2) is 11.2 Å². The highest BCUT2D eigenvalue weighted by Gasteiger charge is 2.15. The second kappa shape index (κ2) is 4.66. The first-order chi connectivity index (χ1) is 5.72. The molecule has 1 nitrogen and oxygen atoms in total. The Labute approximate surface area is 75.5 Å². The fourth-order valence-electron chi connectivity index (χ4n) is 2.03. The highest BCUT2D eigenvalue weighted by Crippen LogP contribution is 2.30. The van der Waals surface area contributed by atoms with Crippen LogP contribution in [0, 0.1) is 5.92 Å². The minimum atomic E-state index is -0.254. The Balaban J connectivity index is 2.45. The third-order valence-electron chi connectivity index (χ3n) is 2.72. The molecular formula is C11H20O. The van der Waals surface area contributed by atoms with Crippen LogP contribution in [0.5, 0.6) is 0 Å². The van der Waals surface area contributed by atoms with Crippen molar-refractivity contribution < 1.29 is 5.11 Å². The molecule has 1 saturated carbocycles. The number of rotatable bonds is 2. The van der Waals surface area contributed by atoms with Crippen molar-refractivity contribution in [2.75, 3.05) is 0 Å².